The Balaban J connectivity index is 1.88. The van der Waals surface area contributed by atoms with Crippen molar-refractivity contribution in [3.63, 3.8) is 0 Å². The van der Waals surface area contributed by atoms with Crippen LogP contribution in [0.25, 0.3) is 0 Å². The number of nitrogens with zero attached hydrogens (tertiary/aromatic N) is 4. The minimum atomic E-state index is -0.449. The molecule has 0 saturated heterocycles. The standard InChI is InChI=1S/C15H17FN4O3/c1-3-18-10(2)17-20(15(18)22)9-14(21)19-6-7-23-13-5-4-11(16)8-12(13)19/h4-5,8H,3,6-7,9H2,1-2H3. The normalized spacial score (nSPS) is 13.6. The van der Waals surface area contributed by atoms with E-state index in [2.05, 4.69) is 5.10 Å². The van der Waals surface area contributed by atoms with Gasteiger partial charge in [-0.25, -0.2) is 13.9 Å². The molecule has 0 spiro atoms. The summed E-state index contributed by atoms with van der Waals surface area (Å²) < 4.78 is 21.5. The Bertz CT molecular complexity index is 812. The summed E-state index contributed by atoms with van der Waals surface area (Å²) in [5, 5.41) is 4.10. The molecular formula is C15H17FN4O3. The molecule has 0 N–H and O–H groups in total. The summed E-state index contributed by atoms with van der Waals surface area (Å²) >= 11 is 0. The fourth-order valence-electron chi connectivity index (χ4n) is 2.68. The zero-order valence-corrected chi connectivity index (χ0v) is 13.0. The van der Waals surface area contributed by atoms with Crippen molar-refractivity contribution >= 4 is 11.6 Å². The number of carbonyl (C=O) groups excluding carboxylic acids is 1. The fraction of sp³-hybridized carbons (Fsp3) is 0.400. The number of ether oxygens (including phenoxy) is 1. The molecule has 0 unspecified atom stereocenters. The Morgan fingerprint density at radius 2 is 2.22 bits per heavy atom. The van der Waals surface area contributed by atoms with Crippen molar-refractivity contribution in [2.75, 3.05) is 18.1 Å². The van der Waals surface area contributed by atoms with Crippen LogP contribution in [0.2, 0.25) is 0 Å². The minimum Gasteiger partial charge on any atom is -0.490 e. The Hall–Kier alpha value is -2.64. The number of hydrogen-bond donors (Lipinski definition) is 0. The second-order valence-electron chi connectivity index (χ2n) is 5.24. The number of aromatic nitrogens is 3. The molecule has 0 bridgehead atoms. The van der Waals surface area contributed by atoms with E-state index in [1.165, 1.54) is 27.7 Å². The van der Waals surface area contributed by atoms with Gasteiger partial charge in [-0.3, -0.25) is 9.36 Å². The first-order chi connectivity index (χ1) is 11.0. The first-order valence-corrected chi connectivity index (χ1v) is 7.38. The van der Waals surface area contributed by atoms with Crippen molar-refractivity contribution in [2.45, 2.75) is 26.9 Å². The number of anilines is 1. The molecule has 1 amide bonds. The van der Waals surface area contributed by atoms with Gasteiger partial charge in [0.05, 0.1) is 12.2 Å². The van der Waals surface area contributed by atoms with Crippen LogP contribution in [0.4, 0.5) is 10.1 Å². The zero-order valence-electron chi connectivity index (χ0n) is 13.0. The van der Waals surface area contributed by atoms with Gasteiger partial charge in [0.2, 0.25) is 5.91 Å². The van der Waals surface area contributed by atoms with Crippen molar-refractivity contribution in [3.8, 4) is 5.75 Å². The highest BCUT2D eigenvalue weighted by Crippen LogP contribution is 2.32. The number of halogens is 1. The zero-order chi connectivity index (χ0) is 16.6. The molecule has 1 aliphatic rings. The van der Waals surface area contributed by atoms with Crippen LogP contribution in [-0.4, -0.2) is 33.4 Å². The molecular weight excluding hydrogens is 303 g/mol. The van der Waals surface area contributed by atoms with Crippen molar-refractivity contribution in [1.29, 1.82) is 0 Å². The summed E-state index contributed by atoms with van der Waals surface area (Å²) in [6, 6.07) is 4.03. The SMILES string of the molecule is CCn1c(C)nn(CC(=O)N2CCOc3ccc(F)cc32)c1=O. The van der Waals surface area contributed by atoms with Crippen LogP contribution in [0.3, 0.4) is 0 Å². The van der Waals surface area contributed by atoms with Gasteiger partial charge >= 0.3 is 5.69 Å². The van der Waals surface area contributed by atoms with Crippen molar-refractivity contribution in [3.05, 3.63) is 40.3 Å². The summed E-state index contributed by atoms with van der Waals surface area (Å²) in [4.78, 5) is 26.1. The summed E-state index contributed by atoms with van der Waals surface area (Å²) in [6.07, 6.45) is 0. The number of amides is 1. The maximum absolute atomic E-state index is 13.5. The molecule has 0 saturated carbocycles. The molecule has 8 heteroatoms. The summed E-state index contributed by atoms with van der Waals surface area (Å²) in [5.74, 6) is 0.227. The van der Waals surface area contributed by atoms with E-state index in [0.29, 0.717) is 37.0 Å². The quantitative estimate of drug-likeness (QED) is 0.844. The lowest BCUT2D eigenvalue weighted by molar-refractivity contribution is -0.119. The molecule has 1 aliphatic heterocycles. The first-order valence-electron chi connectivity index (χ1n) is 7.38. The van der Waals surface area contributed by atoms with Gasteiger partial charge in [0.25, 0.3) is 0 Å². The van der Waals surface area contributed by atoms with Gasteiger partial charge in [0.15, 0.2) is 0 Å². The van der Waals surface area contributed by atoms with Crippen molar-refractivity contribution in [2.24, 2.45) is 0 Å². The third-order valence-corrected chi connectivity index (χ3v) is 3.79. The molecule has 0 radical (unpaired) electrons. The highest BCUT2D eigenvalue weighted by atomic mass is 19.1. The van der Waals surface area contributed by atoms with Crippen LogP contribution in [0.1, 0.15) is 12.7 Å². The van der Waals surface area contributed by atoms with E-state index in [-0.39, 0.29) is 18.1 Å². The molecule has 7 nitrogen and oxygen atoms in total. The Labute approximate surface area is 131 Å². The Morgan fingerprint density at radius 1 is 1.43 bits per heavy atom. The summed E-state index contributed by atoms with van der Waals surface area (Å²) in [7, 11) is 0. The number of fused-ring (bicyclic) bond motifs is 1. The van der Waals surface area contributed by atoms with E-state index < -0.39 is 5.82 Å². The predicted molar refractivity (Wildman–Crippen MR) is 81.1 cm³/mol. The lowest BCUT2D eigenvalue weighted by Crippen LogP contribution is -2.41. The number of carbonyl (C=O) groups is 1. The van der Waals surface area contributed by atoms with Crippen LogP contribution < -0.4 is 15.3 Å². The highest BCUT2D eigenvalue weighted by Gasteiger charge is 2.25. The number of aryl methyl sites for hydroxylation is 1. The maximum atomic E-state index is 13.5. The smallest absolute Gasteiger partial charge is 0.346 e. The lowest BCUT2D eigenvalue weighted by Gasteiger charge is -2.29. The minimum absolute atomic E-state index is 0.192. The van der Waals surface area contributed by atoms with Crippen LogP contribution in [-0.2, 0) is 17.9 Å². The summed E-state index contributed by atoms with van der Waals surface area (Å²) in [6.45, 7) is 4.47. The topological polar surface area (TPSA) is 69.4 Å². The third kappa shape index (κ3) is 2.71. The van der Waals surface area contributed by atoms with Crippen LogP contribution in [0.15, 0.2) is 23.0 Å². The van der Waals surface area contributed by atoms with E-state index in [1.807, 2.05) is 6.92 Å². The lowest BCUT2D eigenvalue weighted by atomic mass is 10.2. The first kappa shape index (κ1) is 15.3. The molecule has 1 aromatic carbocycles. The predicted octanol–water partition coefficient (Wildman–Crippen LogP) is 0.938. The second-order valence-corrected chi connectivity index (χ2v) is 5.24. The average molecular weight is 320 g/mol. The fourth-order valence-corrected chi connectivity index (χ4v) is 2.68. The molecule has 2 heterocycles. The Kier molecular flexibility index (Phi) is 3.89. The molecule has 3 rings (SSSR count). The van der Waals surface area contributed by atoms with Gasteiger partial charge in [0, 0.05) is 12.6 Å². The van der Waals surface area contributed by atoms with Crippen molar-refractivity contribution in [1.82, 2.24) is 14.3 Å². The molecule has 0 atom stereocenters. The van der Waals surface area contributed by atoms with E-state index in [4.69, 9.17) is 4.74 Å². The van der Waals surface area contributed by atoms with Gasteiger partial charge in [-0.15, -0.1) is 0 Å². The monoisotopic (exact) mass is 320 g/mol. The maximum Gasteiger partial charge on any atom is 0.346 e. The van der Waals surface area contributed by atoms with Gasteiger partial charge in [-0.05, 0) is 26.0 Å². The summed E-state index contributed by atoms with van der Waals surface area (Å²) in [5.41, 5.74) is 0.0482. The van der Waals surface area contributed by atoms with Crippen LogP contribution in [0.5, 0.6) is 5.75 Å². The second kappa shape index (κ2) is 5.86. The van der Waals surface area contributed by atoms with Gasteiger partial charge in [-0.2, -0.15) is 5.10 Å². The van der Waals surface area contributed by atoms with Gasteiger partial charge in [-0.1, -0.05) is 0 Å². The van der Waals surface area contributed by atoms with Crippen LogP contribution in [0, 0.1) is 12.7 Å². The van der Waals surface area contributed by atoms with Gasteiger partial charge in [0.1, 0.15) is 30.5 Å². The van der Waals surface area contributed by atoms with E-state index >= 15 is 0 Å². The van der Waals surface area contributed by atoms with E-state index in [0.717, 1.165) is 4.68 Å². The molecule has 0 fully saturated rings. The highest BCUT2D eigenvalue weighted by molar-refractivity contribution is 5.95. The molecule has 2 aromatic rings. The average Bonchev–Trinajstić information content (AvgIpc) is 2.80. The van der Waals surface area contributed by atoms with Crippen LogP contribution >= 0.6 is 0 Å². The number of rotatable bonds is 3. The molecule has 122 valence electrons. The Morgan fingerprint density at radius 3 is 2.91 bits per heavy atom. The molecule has 23 heavy (non-hydrogen) atoms. The third-order valence-electron chi connectivity index (χ3n) is 3.79. The molecule has 0 aliphatic carbocycles. The van der Waals surface area contributed by atoms with E-state index in [1.54, 1.807) is 6.92 Å². The largest absolute Gasteiger partial charge is 0.490 e. The number of hydrogen-bond acceptors (Lipinski definition) is 4. The van der Waals surface area contributed by atoms with Gasteiger partial charge < -0.3 is 9.64 Å². The number of benzene rings is 1. The van der Waals surface area contributed by atoms with E-state index in [9.17, 15) is 14.0 Å². The molecule has 1 aromatic heterocycles. The van der Waals surface area contributed by atoms with Crippen molar-refractivity contribution < 1.29 is 13.9 Å².